The van der Waals surface area contributed by atoms with Crippen molar-refractivity contribution >= 4 is 5.78 Å². The van der Waals surface area contributed by atoms with Crippen LogP contribution in [-0.4, -0.2) is 5.78 Å². The van der Waals surface area contributed by atoms with Crippen molar-refractivity contribution in [2.45, 2.75) is 13.8 Å². The maximum Gasteiger partial charge on any atom is 0.191 e. The molecule has 1 aromatic carbocycles. The van der Waals surface area contributed by atoms with Gasteiger partial charge < -0.3 is 0 Å². The highest BCUT2D eigenvalue weighted by atomic mass is 19.1. The molecule has 0 spiro atoms. The number of carbonyl (C=O) groups is 1. The lowest BCUT2D eigenvalue weighted by Crippen LogP contribution is -2.04. The van der Waals surface area contributed by atoms with Crippen LogP contribution in [0.5, 0.6) is 0 Å². The highest BCUT2D eigenvalue weighted by Gasteiger charge is 2.16. The van der Waals surface area contributed by atoms with Gasteiger partial charge in [-0.3, -0.25) is 4.79 Å². The molecule has 1 aromatic rings. The topological polar surface area (TPSA) is 17.1 Å². The molecule has 0 fully saturated rings. The third-order valence-corrected chi connectivity index (χ3v) is 1.67. The minimum absolute atomic E-state index is 0.481. The van der Waals surface area contributed by atoms with Gasteiger partial charge in [-0.05, 0) is 19.9 Å². The molecular weight excluding hydrogens is 205 g/mol. The van der Waals surface area contributed by atoms with Crippen LogP contribution in [0.25, 0.3) is 0 Å². The lowest BCUT2D eigenvalue weighted by Gasteiger charge is -2.01. The monoisotopic (exact) mass is 214 g/mol. The van der Waals surface area contributed by atoms with Crippen molar-refractivity contribution in [2.75, 3.05) is 0 Å². The maximum atomic E-state index is 13.1. The van der Waals surface area contributed by atoms with Crippen molar-refractivity contribution in [3.8, 4) is 0 Å². The Morgan fingerprint density at radius 1 is 1.13 bits per heavy atom. The summed E-state index contributed by atoms with van der Waals surface area (Å²) in [6.07, 6.45) is 1.10. The van der Waals surface area contributed by atoms with Crippen molar-refractivity contribution in [1.29, 1.82) is 0 Å². The van der Waals surface area contributed by atoms with Gasteiger partial charge in [0.25, 0.3) is 0 Å². The maximum absolute atomic E-state index is 13.1. The Morgan fingerprint density at radius 2 is 1.60 bits per heavy atom. The Bertz CT molecular complexity index is 408. The van der Waals surface area contributed by atoms with Gasteiger partial charge in [0.15, 0.2) is 5.78 Å². The lowest BCUT2D eigenvalue weighted by atomic mass is 10.1. The van der Waals surface area contributed by atoms with Crippen LogP contribution >= 0.6 is 0 Å². The van der Waals surface area contributed by atoms with E-state index in [1.165, 1.54) is 0 Å². The largest absolute Gasteiger partial charge is 0.289 e. The van der Waals surface area contributed by atoms with E-state index >= 15 is 0 Å². The zero-order valence-corrected chi connectivity index (χ0v) is 8.27. The van der Waals surface area contributed by atoms with Gasteiger partial charge >= 0.3 is 0 Å². The van der Waals surface area contributed by atoms with Crippen LogP contribution in [-0.2, 0) is 0 Å². The van der Waals surface area contributed by atoms with Crippen LogP contribution < -0.4 is 0 Å². The van der Waals surface area contributed by atoms with Gasteiger partial charge in [0, 0.05) is 12.1 Å². The van der Waals surface area contributed by atoms with Crippen LogP contribution in [0, 0.1) is 17.5 Å². The van der Waals surface area contributed by atoms with Crippen LogP contribution in [0.3, 0.4) is 0 Å². The summed E-state index contributed by atoms with van der Waals surface area (Å²) in [7, 11) is 0. The Hall–Kier alpha value is -1.58. The second-order valence-corrected chi connectivity index (χ2v) is 3.33. The highest BCUT2D eigenvalue weighted by Crippen LogP contribution is 2.16. The summed E-state index contributed by atoms with van der Waals surface area (Å²) in [4.78, 5) is 11.3. The summed E-state index contributed by atoms with van der Waals surface area (Å²) in [6.45, 7) is 3.24. The number of halogens is 3. The molecule has 1 rings (SSSR count). The number of hydrogen-bond donors (Lipinski definition) is 0. The van der Waals surface area contributed by atoms with E-state index in [1.807, 2.05) is 0 Å². The number of ketones is 1. The second-order valence-electron chi connectivity index (χ2n) is 3.33. The molecule has 0 aliphatic rings. The summed E-state index contributed by atoms with van der Waals surface area (Å²) in [5.41, 5.74) is -0.110. The number of rotatable bonds is 2. The Kier molecular flexibility index (Phi) is 3.29. The van der Waals surface area contributed by atoms with Gasteiger partial charge in [-0.25, -0.2) is 13.2 Å². The fourth-order valence-corrected chi connectivity index (χ4v) is 1.11. The van der Waals surface area contributed by atoms with E-state index in [0.717, 1.165) is 6.08 Å². The van der Waals surface area contributed by atoms with Gasteiger partial charge in [-0.15, -0.1) is 0 Å². The molecule has 1 nitrogen and oxygen atoms in total. The van der Waals surface area contributed by atoms with Gasteiger partial charge in [0.2, 0.25) is 0 Å². The van der Waals surface area contributed by atoms with Crippen LogP contribution in [0.1, 0.15) is 24.2 Å². The molecule has 0 atom stereocenters. The Balaban J connectivity index is 3.26. The second kappa shape index (κ2) is 4.29. The third-order valence-electron chi connectivity index (χ3n) is 1.67. The lowest BCUT2D eigenvalue weighted by molar-refractivity contribution is 0.103. The molecule has 0 radical (unpaired) electrons. The molecule has 0 unspecified atom stereocenters. The Labute approximate surface area is 85.2 Å². The van der Waals surface area contributed by atoms with Gasteiger partial charge in [-0.2, -0.15) is 0 Å². The Morgan fingerprint density at radius 3 is 2.00 bits per heavy atom. The zero-order chi connectivity index (χ0) is 11.6. The average molecular weight is 214 g/mol. The van der Waals surface area contributed by atoms with Gasteiger partial charge in [0.05, 0.1) is 5.56 Å². The highest BCUT2D eigenvalue weighted by molar-refractivity contribution is 6.05. The van der Waals surface area contributed by atoms with Crippen molar-refractivity contribution < 1.29 is 18.0 Å². The predicted molar refractivity (Wildman–Crippen MR) is 50.1 cm³/mol. The normalized spacial score (nSPS) is 9.93. The minimum Gasteiger partial charge on any atom is -0.289 e. The SMILES string of the molecule is CC(C)=CC(=O)c1c(F)cc(F)cc1F. The molecule has 0 saturated carbocycles. The first kappa shape index (κ1) is 11.5. The van der Waals surface area contributed by atoms with Crippen molar-refractivity contribution in [3.63, 3.8) is 0 Å². The van der Waals surface area contributed by atoms with E-state index in [9.17, 15) is 18.0 Å². The molecule has 0 aliphatic carbocycles. The van der Waals surface area contributed by atoms with E-state index in [4.69, 9.17) is 0 Å². The van der Waals surface area contributed by atoms with Crippen molar-refractivity contribution in [1.82, 2.24) is 0 Å². The summed E-state index contributed by atoms with van der Waals surface area (Å²) >= 11 is 0. The fourth-order valence-electron chi connectivity index (χ4n) is 1.11. The van der Waals surface area contributed by atoms with Crippen LogP contribution in [0.2, 0.25) is 0 Å². The zero-order valence-electron chi connectivity index (χ0n) is 8.27. The van der Waals surface area contributed by atoms with E-state index in [0.29, 0.717) is 17.7 Å². The standard InChI is InChI=1S/C11H9F3O/c1-6(2)3-10(15)11-8(13)4-7(12)5-9(11)14/h3-5H,1-2H3. The molecule has 0 heterocycles. The van der Waals surface area contributed by atoms with Crippen LogP contribution in [0.4, 0.5) is 13.2 Å². The van der Waals surface area contributed by atoms with E-state index < -0.39 is 28.8 Å². The molecule has 80 valence electrons. The first-order valence-electron chi connectivity index (χ1n) is 4.25. The van der Waals surface area contributed by atoms with Gasteiger partial charge in [0.1, 0.15) is 17.5 Å². The molecule has 15 heavy (non-hydrogen) atoms. The summed E-state index contributed by atoms with van der Waals surface area (Å²) in [5.74, 6) is -4.21. The van der Waals surface area contributed by atoms with E-state index in [-0.39, 0.29) is 0 Å². The number of benzene rings is 1. The minimum atomic E-state index is -1.19. The molecular formula is C11H9F3O. The molecule has 0 N–H and O–H groups in total. The van der Waals surface area contributed by atoms with Crippen molar-refractivity contribution in [3.05, 3.63) is 46.8 Å². The first-order valence-corrected chi connectivity index (χ1v) is 4.25. The molecule has 0 aromatic heterocycles. The quantitative estimate of drug-likeness (QED) is 0.545. The number of hydrogen-bond acceptors (Lipinski definition) is 1. The summed E-state index contributed by atoms with van der Waals surface area (Å²) < 4.78 is 38.7. The molecule has 0 bridgehead atoms. The number of carbonyl (C=O) groups excluding carboxylic acids is 1. The molecule has 0 amide bonds. The smallest absolute Gasteiger partial charge is 0.191 e. The third kappa shape index (κ3) is 2.68. The van der Waals surface area contributed by atoms with E-state index in [2.05, 4.69) is 0 Å². The van der Waals surface area contributed by atoms with Crippen molar-refractivity contribution in [2.24, 2.45) is 0 Å². The number of allylic oxidation sites excluding steroid dienone is 2. The average Bonchev–Trinajstić information content (AvgIpc) is 1.99. The molecule has 4 heteroatoms. The fraction of sp³-hybridized carbons (Fsp3) is 0.182. The molecule has 0 saturated heterocycles. The molecule has 0 aliphatic heterocycles. The predicted octanol–water partition coefficient (Wildman–Crippen LogP) is 3.25. The summed E-state index contributed by atoms with van der Waals surface area (Å²) in [5, 5.41) is 0. The van der Waals surface area contributed by atoms with Crippen LogP contribution in [0.15, 0.2) is 23.8 Å². The summed E-state index contributed by atoms with van der Waals surface area (Å²) in [6, 6.07) is 0.963. The van der Waals surface area contributed by atoms with Gasteiger partial charge in [-0.1, -0.05) is 5.57 Å². The van der Waals surface area contributed by atoms with E-state index in [1.54, 1.807) is 13.8 Å². The first-order chi connectivity index (χ1) is 6.91.